The van der Waals surface area contributed by atoms with Gasteiger partial charge < -0.3 is 18.9 Å². The number of hydrogen-bond donors (Lipinski definition) is 0. The van der Waals surface area contributed by atoms with Crippen molar-refractivity contribution in [2.45, 2.75) is 109 Å². The summed E-state index contributed by atoms with van der Waals surface area (Å²) >= 11 is 0. The summed E-state index contributed by atoms with van der Waals surface area (Å²) in [5.74, 6) is -1.29. The molecule has 1 saturated heterocycles. The molecule has 0 N–H and O–H groups in total. The fourth-order valence-electron chi connectivity index (χ4n) is 3.67. The van der Waals surface area contributed by atoms with Crippen molar-refractivity contribution >= 4 is 45.5 Å². The molecule has 220 valence electrons. The van der Waals surface area contributed by atoms with E-state index in [-0.39, 0.29) is 36.8 Å². The van der Waals surface area contributed by atoms with Gasteiger partial charge in [0.1, 0.15) is 0 Å². The number of ether oxygens (including phenoxy) is 4. The average molecular weight is 580 g/mol. The fraction of sp³-hybridized carbons (Fsp3) is 0.846. The molecule has 0 aromatic rings. The molecule has 1 heterocycles. The van der Waals surface area contributed by atoms with E-state index >= 15 is 0 Å². The van der Waals surface area contributed by atoms with E-state index in [1.54, 1.807) is 21.6 Å². The second-order valence-electron chi connectivity index (χ2n) is 8.86. The normalized spacial score (nSPS) is 15.8. The van der Waals surface area contributed by atoms with Gasteiger partial charge in [0.2, 0.25) is 0 Å². The lowest BCUT2D eigenvalue weighted by molar-refractivity contribution is -0.177. The van der Waals surface area contributed by atoms with Crippen LogP contribution in [-0.4, -0.2) is 78.6 Å². The van der Waals surface area contributed by atoms with E-state index < -0.39 is 18.0 Å². The first-order valence-electron chi connectivity index (χ1n) is 13.7. The Morgan fingerprint density at radius 1 is 0.816 bits per heavy atom. The van der Waals surface area contributed by atoms with Crippen LogP contribution in [-0.2, 0) is 38.2 Å². The summed E-state index contributed by atoms with van der Waals surface area (Å²) in [5, 5.41) is 1.08. The summed E-state index contributed by atoms with van der Waals surface area (Å²) in [6.45, 7) is 10.3. The Bertz CT molecular complexity index is 694. The van der Waals surface area contributed by atoms with Crippen LogP contribution in [0, 0.1) is 0 Å². The number of hydrogen-bond acceptors (Lipinski definition) is 11. The molecule has 0 bridgehead atoms. The van der Waals surface area contributed by atoms with Crippen molar-refractivity contribution in [2.75, 3.05) is 33.0 Å². The lowest BCUT2D eigenvalue weighted by Crippen LogP contribution is -2.32. The first-order chi connectivity index (χ1) is 18.3. The number of esters is 1. The summed E-state index contributed by atoms with van der Waals surface area (Å²) in [4.78, 5) is 51.9. The monoisotopic (exact) mass is 579 g/mol. The molecule has 1 fully saturated rings. The number of rotatable bonds is 22. The lowest BCUT2D eigenvalue weighted by Gasteiger charge is -2.20. The van der Waals surface area contributed by atoms with Crippen LogP contribution in [0.15, 0.2) is 0 Å². The number of carbonyl (C=O) groups is 4. The molecule has 3 atom stereocenters. The third kappa shape index (κ3) is 15.2. The molecule has 0 aromatic carbocycles. The highest BCUT2D eigenvalue weighted by Crippen LogP contribution is 2.38. The van der Waals surface area contributed by atoms with Crippen molar-refractivity contribution in [1.29, 1.82) is 0 Å². The smallest absolute Gasteiger partial charge is 0.466 e. The minimum atomic E-state index is -1.04. The molecule has 1 aliphatic heterocycles. The lowest BCUT2D eigenvalue weighted by atomic mass is 10.2. The standard InChI is InChI=1S/C26H45NO9S2/c1-5-9-21(15-17-34-25(30)14-11-20(33-8-4)19-32-7-3)37-38-22(10-6-2)16-18-35-26(31)36-27-23(28)12-13-24(27)29/h20-22H,5-19H2,1-4H3. The van der Waals surface area contributed by atoms with Gasteiger partial charge in [-0.15, -0.1) is 0 Å². The largest absolute Gasteiger partial charge is 0.533 e. The van der Waals surface area contributed by atoms with E-state index in [0.29, 0.717) is 56.0 Å². The van der Waals surface area contributed by atoms with E-state index in [0.717, 1.165) is 32.1 Å². The number of hydroxylamine groups is 2. The Morgan fingerprint density at radius 2 is 1.39 bits per heavy atom. The van der Waals surface area contributed by atoms with Crippen molar-refractivity contribution in [3.63, 3.8) is 0 Å². The van der Waals surface area contributed by atoms with Crippen LogP contribution >= 0.6 is 21.6 Å². The van der Waals surface area contributed by atoms with Gasteiger partial charge in [0, 0.05) is 43.0 Å². The summed E-state index contributed by atoms with van der Waals surface area (Å²) in [6, 6.07) is 0. The van der Waals surface area contributed by atoms with Crippen molar-refractivity contribution in [2.24, 2.45) is 0 Å². The summed E-state index contributed by atoms with van der Waals surface area (Å²) in [7, 11) is 3.55. The van der Waals surface area contributed by atoms with E-state index in [9.17, 15) is 19.2 Å². The maximum absolute atomic E-state index is 12.2. The molecule has 0 aliphatic carbocycles. The second kappa shape index (κ2) is 21.3. The van der Waals surface area contributed by atoms with Crippen molar-refractivity contribution in [3.8, 4) is 0 Å². The third-order valence-corrected chi connectivity index (χ3v) is 9.23. The van der Waals surface area contributed by atoms with Crippen molar-refractivity contribution < 1.29 is 43.0 Å². The van der Waals surface area contributed by atoms with Gasteiger partial charge in [0.05, 0.1) is 25.9 Å². The van der Waals surface area contributed by atoms with Gasteiger partial charge in [0.25, 0.3) is 11.8 Å². The van der Waals surface area contributed by atoms with Crippen LogP contribution in [0.2, 0.25) is 0 Å². The maximum Gasteiger partial charge on any atom is 0.533 e. The zero-order chi connectivity index (χ0) is 28.2. The van der Waals surface area contributed by atoms with E-state index in [1.807, 2.05) is 13.8 Å². The van der Waals surface area contributed by atoms with Crippen molar-refractivity contribution in [1.82, 2.24) is 5.06 Å². The van der Waals surface area contributed by atoms with E-state index in [1.165, 1.54) is 0 Å². The predicted molar refractivity (Wildman–Crippen MR) is 147 cm³/mol. The summed E-state index contributed by atoms with van der Waals surface area (Å²) in [5.41, 5.74) is 0. The summed E-state index contributed by atoms with van der Waals surface area (Å²) < 4.78 is 21.6. The number of imide groups is 1. The van der Waals surface area contributed by atoms with Crippen LogP contribution in [0.25, 0.3) is 0 Å². The average Bonchev–Trinajstić information content (AvgIpc) is 3.20. The molecule has 12 heteroatoms. The SMILES string of the molecule is CCCC(CCOC(=O)CCC(COCC)OCC)SSC(CCC)CCOC(=O)ON1C(=O)CCC1=O. The van der Waals surface area contributed by atoms with Crippen LogP contribution in [0.1, 0.15) is 91.9 Å². The minimum Gasteiger partial charge on any atom is -0.466 e. The molecule has 0 saturated carbocycles. The van der Waals surface area contributed by atoms with Crippen molar-refractivity contribution in [3.05, 3.63) is 0 Å². The fourth-order valence-corrected chi connectivity index (χ4v) is 7.13. The molecule has 0 radical (unpaired) electrons. The molecule has 3 unspecified atom stereocenters. The van der Waals surface area contributed by atoms with Gasteiger partial charge in [-0.25, -0.2) is 4.79 Å². The van der Waals surface area contributed by atoms with Gasteiger partial charge in [-0.3, -0.25) is 19.2 Å². The van der Waals surface area contributed by atoms with E-state index in [4.69, 9.17) is 23.8 Å². The number of amides is 2. The highest BCUT2D eigenvalue weighted by atomic mass is 33.1. The van der Waals surface area contributed by atoms with Gasteiger partial charge in [0.15, 0.2) is 0 Å². The third-order valence-electron chi connectivity index (χ3n) is 5.66. The molecular weight excluding hydrogens is 534 g/mol. The highest BCUT2D eigenvalue weighted by Gasteiger charge is 2.33. The molecule has 1 aliphatic rings. The Labute approximate surface area is 234 Å². The maximum atomic E-state index is 12.2. The van der Waals surface area contributed by atoms with Crippen LogP contribution < -0.4 is 0 Å². The van der Waals surface area contributed by atoms with Gasteiger partial charge in [-0.05, 0) is 46.0 Å². The zero-order valence-electron chi connectivity index (χ0n) is 23.3. The Kier molecular flexibility index (Phi) is 19.4. The first kappa shape index (κ1) is 34.5. The molecule has 0 spiro atoms. The topological polar surface area (TPSA) is 118 Å². The van der Waals surface area contributed by atoms with Crippen LogP contribution in [0.4, 0.5) is 4.79 Å². The van der Waals surface area contributed by atoms with Crippen LogP contribution in [0.3, 0.4) is 0 Å². The molecule has 0 aromatic heterocycles. The molecule has 38 heavy (non-hydrogen) atoms. The number of carbonyl (C=O) groups excluding carboxylic acids is 4. The highest BCUT2D eigenvalue weighted by molar-refractivity contribution is 8.77. The first-order valence-corrected chi connectivity index (χ1v) is 16.0. The van der Waals surface area contributed by atoms with Gasteiger partial charge >= 0.3 is 12.1 Å². The summed E-state index contributed by atoms with van der Waals surface area (Å²) in [6.07, 6.45) is 5.20. The van der Waals surface area contributed by atoms with E-state index in [2.05, 4.69) is 13.8 Å². The minimum absolute atomic E-state index is 0.0412. The Hall–Kier alpha value is -1.50. The Morgan fingerprint density at radius 3 is 1.92 bits per heavy atom. The number of nitrogens with zero attached hydrogens (tertiary/aromatic N) is 1. The van der Waals surface area contributed by atoms with Gasteiger partial charge in [-0.2, -0.15) is 0 Å². The quantitative estimate of drug-likeness (QED) is 0.0923. The van der Waals surface area contributed by atoms with Crippen LogP contribution in [0.5, 0.6) is 0 Å². The molecular formula is C26H45NO9S2. The second-order valence-corrected chi connectivity index (χ2v) is 11.7. The zero-order valence-corrected chi connectivity index (χ0v) is 24.9. The Balaban J connectivity index is 2.35. The molecule has 2 amide bonds. The predicted octanol–water partition coefficient (Wildman–Crippen LogP) is 5.47. The molecule has 10 nitrogen and oxygen atoms in total. The van der Waals surface area contributed by atoms with Gasteiger partial charge in [-0.1, -0.05) is 53.3 Å². The molecule has 1 rings (SSSR count).